The molecule has 0 bridgehead atoms. The molecule has 0 saturated carbocycles. The molecule has 1 N–H and O–H groups in total. The van der Waals surface area contributed by atoms with Crippen molar-refractivity contribution in [3.05, 3.63) is 70.8 Å². The van der Waals surface area contributed by atoms with Crippen LogP contribution >= 0.6 is 0 Å². The van der Waals surface area contributed by atoms with Crippen LogP contribution in [0.4, 0.5) is 0 Å². The summed E-state index contributed by atoms with van der Waals surface area (Å²) < 4.78 is 6.08. The highest BCUT2D eigenvalue weighted by Gasteiger charge is 2.37. The van der Waals surface area contributed by atoms with E-state index in [0.29, 0.717) is 6.42 Å². The largest absolute Gasteiger partial charge is 0.454 e. The molecule has 0 radical (unpaired) electrons. The number of piperidine rings is 1. The van der Waals surface area contributed by atoms with Crippen LogP contribution < -0.4 is 5.32 Å². The Kier molecular flexibility index (Phi) is 5.00. The summed E-state index contributed by atoms with van der Waals surface area (Å²) in [7, 11) is 0. The van der Waals surface area contributed by atoms with Crippen LogP contribution in [0.3, 0.4) is 0 Å². The predicted octanol–water partition coefficient (Wildman–Crippen LogP) is 3.67. The third kappa shape index (κ3) is 3.68. The zero-order valence-corrected chi connectivity index (χ0v) is 14.5. The van der Waals surface area contributed by atoms with Gasteiger partial charge in [-0.25, -0.2) is 0 Å². The minimum Gasteiger partial charge on any atom is -0.454 e. The van der Waals surface area contributed by atoms with E-state index in [1.807, 2.05) is 32.0 Å². The van der Waals surface area contributed by atoms with Gasteiger partial charge in [0.2, 0.25) is 0 Å². The number of rotatable bonds is 4. The van der Waals surface area contributed by atoms with E-state index in [2.05, 4.69) is 35.6 Å². The summed E-state index contributed by atoms with van der Waals surface area (Å²) in [5, 5.41) is 3.36. The Morgan fingerprint density at radius 2 is 1.79 bits per heavy atom. The number of ether oxygens (including phenoxy) is 1. The summed E-state index contributed by atoms with van der Waals surface area (Å²) in [4.78, 5) is 12.7. The van der Waals surface area contributed by atoms with Gasteiger partial charge in [0, 0.05) is 12.8 Å². The van der Waals surface area contributed by atoms with Crippen molar-refractivity contribution < 1.29 is 9.53 Å². The first-order chi connectivity index (χ1) is 11.6. The van der Waals surface area contributed by atoms with E-state index >= 15 is 0 Å². The number of carbonyl (C=O) groups excluding carboxylic acids is 1. The summed E-state index contributed by atoms with van der Waals surface area (Å²) in [6, 6.07) is 16.4. The molecule has 2 aromatic carbocycles. The maximum absolute atomic E-state index is 12.7. The topological polar surface area (TPSA) is 38.3 Å². The van der Waals surface area contributed by atoms with Gasteiger partial charge in [-0.3, -0.25) is 4.79 Å². The highest BCUT2D eigenvalue weighted by Crippen LogP contribution is 2.35. The van der Waals surface area contributed by atoms with Crippen molar-refractivity contribution in [2.24, 2.45) is 0 Å². The highest BCUT2D eigenvalue weighted by atomic mass is 16.6. The number of nitrogens with one attached hydrogen (secondary N) is 1. The van der Waals surface area contributed by atoms with Gasteiger partial charge in [-0.2, -0.15) is 0 Å². The average molecular weight is 323 g/mol. The lowest BCUT2D eigenvalue weighted by Gasteiger charge is -2.37. The number of benzene rings is 2. The summed E-state index contributed by atoms with van der Waals surface area (Å²) in [5.74, 6) is -0.144. The Labute approximate surface area is 144 Å². The number of esters is 1. The third-order valence-electron chi connectivity index (χ3n) is 4.86. The molecule has 24 heavy (non-hydrogen) atoms. The van der Waals surface area contributed by atoms with Gasteiger partial charge < -0.3 is 10.1 Å². The van der Waals surface area contributed by atoms with Gasteiger partial charge in [0.1, 0.15) is 5.60 Å². The van der Waals surface area contributed by atoms with Gasteiger partial charge in [0.25, 0.3) is 0 Å². The number of carbonyl (C=O) groups is 1. The average Bonchev–Trinajstić information content (AvgIpc) is 2.60. The Bertz CT molecular complexity index is 703. The number of hydrogen-bond donors (Lipinski definition) is 1. The summed E-state index contributed by atoms with van der Waals surface area (Å²) >= 11 is 0. The molecule has 0 unspecified atom stereocenters. The molecule has 0 spiro atoms. The van der Waals surface area contributed by atoms with E-state index in [0.717, 1.165) is 42.6 Å². The lowest BCUT2D eigenvalue weighted by Crippen LogP contribution is -2.43. The van der Waals surface area contributed by atoms with Crippen LogP contribution in [0.2, 0.25) is 0 Å². The molecule has 1 aliphatic rings. The zero-order valence-electron chi connectivity index (χ0n) is 14.5. The second kappa shape index (κ2) is 7.18. The standard InChI is InChI=1S/C21H25NO2/c1-16-8-9-17(2)18(14-16)15-20(23)24-21(10-12-22-13-11-21)19-6-4-3-5-7-19/h3-9,14,22H,10-13,15H2,1-2H3. The van der Waals surface area contributed by atoms with Crippen LogP contribution in [0, 0.1) is 13.8 Å². The van der Waals surface area contributed by atoms with Crippen molar-refractivity contribution in [1.82, 2.24) is 5.32 Å². The molecule has 3 rings (SSSR count). The quantitative estimate of drug-likeness (QED) is 0.873. The van der Waals surface area contributed by atoms with Crippen LogP contribution in [0.25, 0.3) is 0 Å². The van der Waals surface area contributed by atoms with E-state index < -0.39 is 5.60 Å². The number of aryl methyl sites for hydroxylation is 2. The summed E-state index contributed by atoms with van der Waals surface area (Å²) in [6.45, 7) is 5.82. The highest BCUT2D eigenvalue weighted by molar-refractivity contribution is 5.74. The monoisotopic (exact) mass is 323 g/mol. The summed E-state index contributed by atoms with van der Waals surface area (Å²) in [6.07, 6.45) is 1.96. The number of hydrogen-bond acceptors (Lipinski definition) is 3. The third-order valence-corrected chi connectivity index (χ3v) is 4.86. The van der Waals surface area contributed by atoms with E-state index in [1.54, 1.807) is 0 Å². The van der Waals surface area contributed by atoms with Crippen molar-refractivity contribution in [3.63, 3.8) is 0 Å². The molecule has 1 fully saturated rings. The first-order valence-corrected chi connectivity index (χ1v) is 8.63. The predicted molar refractivity (Wildman–Crippen MR) is 95.9 cm³/mol. The molecule has 0 amide bonds. The second-order valence-electron chi connectivity index (χ2n) is 6.69. The first-order valence-electron chi connectivity index (χ1n) is 8.63. The van der Waals surface area contributed by atoms with E-state index in [-0.39, 0.29) is 5.97 Å². The SMILES string of the molecule is Cc1ccc(C)c(CC(=O)OC2(c3ccccc3)CCNCC2)c1. The fourth-order valence-electron chi connectivity index (χ4n) is 3.42. The molecule has 1 saturated heterocycles. The Morgan fingerprint density at radius 3 is 2.50 bits per heavy atom. The molecule has 3 nitrogen and oxygen atoms in total. The lowest BCUT2D eigenvalue weighted by molar-refractivity contribution is -0.163. The van der Waals surface area contributed by atoms with Gasteiger partial charge >= 0.3 is 5.97 Å². The lowest BCUT2D eigenvalue weighted by atomic mass is 9.84. The first kappa shape index (κ1) is 16.7. The van der Waals surface area contributed by atoms with E-state index in [9.17, 15) is 4.79 Å². The minimum atomic E-state index is -0.499. The fraction of sp³-hybridized carbons (Fsp3) is 0.381. The normalized spacial score (nSPS) is 16.6. The van der Waals surface area contributed by atoms with Gasteiger partial charge in [-0.05, 0) is 43.6 Å². The van der Waals surface area contributed by atoms with E-state index in [4.69, 9.17) is 4.74 Å². The van der Waals surface area contributed by atoms with Crippen molar-refractivity contribution in [3.8, 4) is 0 Å². The maximum atomic E-state index is 12.7. The van der Waals surface area contributed by atoms with Crippen molar-refractivity contribution in [1.29, 1.82) is 0 Å². The Hall–Kier alpha value is -2.13. The molecular weight excluding hydrogens is 298 g/mol. The Balaban J connectivity index is 1.80. The van der Waals surface area contributed by atoms with Gasteiger partial charge in [-0.15, -0.1) is 0 Å². The molecule has 2 aromatic rings. The van der Waals surface area contributed by atoms with Crippen LogP contribution in [-0.2, 0) is 21.6 Å². The Morgan fingerprint density at radius 1 is 1.08 bits per heavy atom. The molecule has 0 aliphatic carbocycles. The van der Waals surface area contributed by atoms with E-state index in [1.165, 1.54) is 5.56 Å². The fourth-order valence-corrected chi connectivity index (χ4v) is 3.42. The van der Waals surface area contributed by atoms with Gasteiger partial charge in [0.15, 0.2) is 0 Å². The molecule has 3 heteroatoms. The molecule has 126 valence electrons. The zero-order chi connectivity index (χ0) is 17.0. The van der Waals surface area contributed by atoms with Crippen molar-refractivity contribution >= 4 is 5.97 Å². The van der Waals surface area contributed by atoms with Crippen molar-refractivity contribution in [2.45, 2.75) is 38.7 Å². The van der Waals surface area contributed by atoms with Crippen LogP contribution in [-0.4, -0.2) is 19.1 Å². The molecular formula is C21H25NO2. The second-order valence-corrected chi connectivity index (χ2v) is 6.69. The molecule has 0 aromatic heterocycles. The smallest absolute Gasteiger partial charge is 0.311 e. The van der Waals surface area contributed by atoms with Gasteiger partial charge in [-0.1, -0.05) is 54.1 Å². The van der Waals surface area contributed by atoms with Gasteiger partial charge in [0.05, 0.1) is 6.42 Å². The molecule has 0 atom stereocenters. The van der Waals surface area contributed by atoms with Crippen LogP contribution in [0.1, 0.15) is 35.1 Å². The van der Waals surface area contributed by atoms with Crippen molar-refractivity contribution in [2.75, 3.05) is 13.1 Å². The molecule has 1 heterocycles. The van der Waals surface area contributed by atoms with Crippen LogP contribution in [0.5, 0.6) is 0 Å². The minimum absolute atomic E-state index is 0.144. The van der Waals surface area contributed by atoms with Crippen LogP contribution in [0.15, 0.2) is 48.5 Å². The molecule has 1 aliphatic heterocycles. The maximum Gasteiger partial charge on any atom is 0.311 e. The summed E-state index contributed by atoms with van der Waals surface area (Å²) in [5.41, 5.74) is 3.96.